The Morgan fingerprint density at radius 3 is 2.40 bits per heavy atom. The Bertz CT molecular complexity index is 1050. The molecule has 6 nitrogen and oxygen atoms in total. The van der Waals surface area contributed by atoms with Gasteiger partial charge in [-0.05, 0) is 37.6 Å². The fourth-order valence-corrected chi connectivity index (χ4v) is 3.20. The lowest BCUT2D eigenvalue weighted by Crippen LogP contribution is -2.30. The van der Waals surface area contributed by atoms with Gasteiger partial charge in [-0.1, -0.05) is 12.1 Å². The lowest BCUT2D eigenvalue weighted by atomic mass is 10.1. The Kier molecular flexibility index (Phi) is 6.23. The number of carbonyl (C=O) groups is 1. The number of aryl methyl sites for hydroxylation is 1. The second-order valence-corrected chi connectivity index (χ2v) is 6.74. The van der Waals surface area contributed by atoms with Gasteiger partial charge in [-0.2, -0.15) is 5.10 Å². The standard InChI is InChI=1S/C20H20F4N4O2/c1-10(12-4-6-13(30-3)7-5-12)25-16(29)9-28-20-17(11(2)27-28)14(18(21)22)8-15(26-20)19(23)24/h4-8,10,18-19H,9H2,1-3H3,(H,25,29). The summed E-state index contributed by atoms with van der Waals surface area (Å²) in [5, 5.41) is 6.82. The minimum Gasteiger partial charge on any atom is -0.497 e. The van der Waals surface area contributed by atoms with Gasteiger partial charge < -0.3 is 10.1 Å². The largest absolute Gasteiger partial charge is 0.497 e. The number of nitrogens with zero attached hydrogens (tertiary/aromatic N) is 3. The van der Waals surface area contributed by atoms with E-state index in [9.17, 15) is 22.4 Å². The van der Waals surface area contributed by atoms with Crippen LogP contribution in [0.25, 0.3) is 11.0 Å². The molecule has 2 aromatic heterocycles. The number of ether oxygens (including phenoxy) is 1. The molecule has 3 aromatic rings. The summed E-state index contributed by atoms with van der Waals surface area (Å²) in [5.41, 5.74) is -0.529. The number of hydrogen-bond acceptors (Lipinski definition) is 4. The molecule has 2 heterocycles. The summed E-state index contributed by atoms with van der Waals surface area (Å²) in [6.07, 6.45) is -6.01. The van der Waals surface area contributed by atoms with Crippen molar-refractivity contribution in [1.82, 2.24) is 20.1 Å². The van der Waals surface area contributed by atoms with Crippen molar-refractivity contribution in [2.45, 2.75) is 39.3 Å². The number of hydrogen-bond donors (Lipinski definition) is 1. The third-order valence-corrected chi connectivity index (χ3v) is 4.67. The van der Waals surface area contributed by atoms with E-state index >= 15 is 0 Å². The van der Waals surface area contributed by atoms with E-state index in [2.05, 4.69) is 15.4 Å². The zero-order valence-electron chi connectivity index (χ0n) is 16.5. The highest BCUT2D eigenvalue weighted by Gasteiger charge is 2.24. The van der Waals surface area contributed by atoms with Crippen LogP contribution < -0.4 is 10.1 Å². The van der Waals surface area contributed by atoms with E-state index in [0.717, 1.165) is 10.2 Å². The van der Waals surface area contributed by atoms with Crippen LogP contribution in [-0.2, 0) is 11.3 Å². The van der Waals surface area contributed by atoms with Crippen molar-refractivity contribution < 1.29 is 27.1 Å². The molecule has 0 spiro atoms. The molecule has 0 bridgehead atoms. The molecular weight excluding hydrogens is 404 g/mol. The summed E-state index contributed by atoms with van der Waals surface area (Å²) in [5.74, 6) is 0.206. The van der Waals surface area contributed by atoms with Gasteiger partial charge in [0.1, 0.15) is 18.0 Å². The fourth-order valence-electron chi connectivity index (χ4n) is 3.20. The van der Waals surface area contributed by atoms with Crippen LogP contribution in [0.5, 0.6) is 5.75 Å². The Hall–Kier alpha value is -3.17. The van der Waals surface area contributed by atoms with Crippen LogP contribution in [0.4, 0.5) is 17.6 Å². The predicted octanol–water partition coefficient (Wildman–Crippen LogP) is 4.50. The minimum absolute atomic E-state index is 0.0228. The molecule has 1 aromatic carbocycles. The van der Waals surface area contributed by atoms with Crippen molar-refractivity contribution in [2.75, 3.05) is 7.11 Å². The van der Waals surface area contributed by atoms with Crippen LogP contribution in [0.1, 0.15) is 48.3 Å². The van der Waals surface area contributed by atoms with Gasteiger partial charge in [0, 0.05) is 5.56 Å². The third kappa shape index (κ3) is 4.37. The molecule has 160 valence electrons. The van der Waals surface area contributed by atoms with Crippen molar-refractivity contribution in [3.05, 3.63) is 52.8 Å². The summed E-state index contributed by atoms with van der Waals surface area (Å²) in [6, 6.07) is 7.43. The molecule has 0 aliphatic rings. The predicted molar refractivity (Wildman–Crippen MR) is 102 cm³/mol. The number of alkyl halides is 4. The van der Waals surface area contributed by atoms with Crippen LogP contribution in [0.15, 0.2) is 30.3 Å². The van der Waals surface area contributed by atoms with E-state index in [-0.39, 0.29) is 29.3 Å². The normalized spacial score (nSPS) is 12.6. The molecule has 1 N–H and O–H groups in total. The monoisotopic (exact) mass is 424 g/mol. The summed E-state index contributed by atoms with van der Waals surface area (Å²) in [7, 11) is 1.55. The summed E-state index contributed by atoms with van der Waals surface area (Å²) < 4.78 is 59.2. The van der Waals surface area contributed by atoms with E-state index in [1.807, 2.05) is 0 Å². The molecule has 3 rings (SSSR count). The molecule has 1 amide bonds. The van der Waals surface area contributed by atoms with Crippen LogP contribution in [0.2, 0.25) is 0 Å². The van der Waals surface area contributed by atoms with Crippen LogP contribution in [-0.4, -0.2) is 27.8 Å². The lowest BCUT2D eigenvalue weighted by Gasteiger charge is -2.15. The lowest BCUT2D eigenvalue weighted by molar-refractivity contribution is -0.122. The van der Waals surface area contributed by atoms with E-state index in [1.54, 1.807) is 38.3 Å². The molecule has 0 saturated carbocycles. The van der Waals surface area contributed by atoms with Gasteiger partial charge in [0.25, 0.3) is 12.9 Å². The highest BCUT2D eigenvalue weighted by molar-refractivity contribution is 5.85. The number of aromatic nitrogens is 3. The second-order valence-electron chi connectivity index (χ2n) is 6.74. The number of fused-ring (bicyclic) bond motifs is 1. The Balaban J connectivity index is 1.86. The summed E-state index contributed by atoms with van der Waals surface area (Å²) >= 11 is 0. The van der Waals surface area contributed by atoms with E-state index in [0.29, 0.717) is 11.8 Å². The number of pyridine rings is 1. The van der Waals surface area contributed by atoms with E-state index in [1.165, 1.54) is 6.92 Å². The number of amides is 1. The maximum absolute atomic E-state index is 13.4. The van der Waals surface area contributed by atoms with Gasteiger partial charge in [0.05, 0.1) is 24.2 Å². The van der Waals surface area contributed by atoms with E-state index < -0.39 is 30.0 Å². The molecule has 0 aliphatic heterocycles. The quantitative estimate of drug-likeness (QED) is 0.567. The SMILES string of the molecule is COc1ccc(C(C)NC(=O)Cn2nc(C)c3c(C(F)F)cc(C(F)F)nc32)cc1. The minimum atomic E-state index is -3.03. The second kappa shape index (κ2) is 8.68. The third-order valence-electron chi connectivity index (χ3n) is 4.67. The maximum atomic E-state index is 13.4. The van der Waals surface area contributed by atoms with Crippen molar-refractivity contribution in [3.8, 4) is 5.75 Å². The van der Waals surface area contributed by atoms with Crippen LogP contribution in [0.3, 0.4) is 0 Å². The smallest absolute Gasteiger partial charge is 0.280 e. The van der Waals surface area contributed by atoms with Crippen LogP contribution in [0, 0.1) is 6.92 Å². The average molecular weight is 424 g/mol. The van der Waals surface area contributed by atoms with Gasteiger partial charge in [0.2, 0.25) is 5.91 Å². The Morgan fingerprint density at radius 2 is 1.83 bits per heavy atom. The number of nitrogens with one attached hydrogen (secondary N) is 1. The molecule has 1 unspecified atom stereocenters. The number of halogens is 4. The Morgan fingerprint density at radius 1 is 1.17 bits per heavy atom. The maximum Gasteiger partial charge on any atom is 0.280 e. The molecule has 30 heavy (non-hydrogen) atoms. The van der Waals surface area contributed by atoms with Gasteiger partial charge in [-0.3, -0.25) is 4.79 Å². The van der Waals surface area contributed by atoms with Crippen molar-refractivity contribution >= 4 is 16.9 Å². The zero-order chi connectivity index (χ0) is 22.0. The highest BCUT2D eigenvalue weighted by atomic mass is 19.3. The molecule has 0 aliphatic carbocycles. The molecule has 0 radical (unpaired) electrons. The van der Waals surface area contributed by atoms with Crippen molar-refractivity contribution in [2.24, 2.45) is 0 Å². The fraction of sp³-hybridized carbons (Fsp3) is 0.350. The first-order chi connectivity index (χ1) is 14.2. The summed E-state index contributed by atoms with van der Waals surface area (Å²) in [6.45, 7) is 2.88. The topological polar surface area (TPSA) is 69.0 Å². The zero-order valence-corrected chi connectivity index (χ0v) is 16.5. The molecule has 1 atom stereocenters. The number of rotatable bonds is 7. The van der Waals surface area contributed by atoms with E-state index in [4.69, 9.17) is 4.74 Å². The highest BCUT2D eigenvalue weighted by Crippen LogP contribution is 2.32. The van der Waals surface area contributed by atoms with Crippen LogP contribution >= 0.6 is 0 Å². The first-order valence-electron chi connectivity index (χ1n) is 9.08. The first kappa shape index (κ1) is 21.5. The Labute approximate surface area is 169 Å². The summed E-state index contributed by atoms with van der Waals surface area (Å²) in [4.78, 5) is 16.3. The van der Waals surface area contributed by atoms with Gasteiger partial charge >= 0.3 is 0 Å². The molecular formula is C20H20F4N4O2. The molecule has 0 fully saturated rings. The average Bonchev–Trinajstić information content (AvgIpc) is 3.02. The van der Waals surface area contributed by atoms with Crippen molar-refractivity contribution in [1.29, 1.82) is 0 Å². The first-order valence-corrected chi connectivity index (χ1v) is 9.08. The van der Waals surface area contributed by atoms with Crippen molar-refractivity contribution in [3.63, 3.8) is 0 Å². The number of methoxy groups -OCH3 is 1. The van der Waals surface area contributed by atoms with Gasteiger partial charge in [-0.25, -0.2) is 27.2 Å². The number of carbonyl (C=O) groups excluding carboxylic acids is 1. The number of benzene rings is 1. The van der Waals surface area contributed by atoms with Gasteiger partial charge in [-0.15, -0.1) is 0 Å². The van der Waals surface area contributed by atoms with Gasteiger partial charge in [0.15, 0.2) is 5.65 Å². The molecule has 0 saturated heterocycles. The molecule has 10 heteroatoms.